The smallest absolute Gasteiger partial charge is 0.417 e. The first-order valence-electron chi connectivity index (χ1n) is 6.21. The summed E-state index contributed by atoms with van der Waals surface area (Å²) in [5.41, 5.74) is 0. The van der Waals surface area contributed by atoms with Gasteiger partial charge >= 0.3 is 12.1 Å². The predicted molar refractivity (Wildman–Crippen MR) is 64.2 cm³/mol. The monoisotopic (exact) mass is 251 g/mol. The first kappa shape index (κ1) is 12.7. The number of amides is 1. The van der Waals surface area contributed by atoms with Crippen molar-refractivity contribution < 1.29 is 18.7 Å². The molecule has 0 radical (unpaired) electrons. The van der Waals surface area contributed by atoms with Crippen LogP contribution in [0.5, 0.6) is 0 Å². The number of hydrogen-bond donors (Lipinski definition) is 0. The minimum Gasteiger partial charge on any atom is -0.457 e. The molecule has 0 spiro atoms. The fourth-order valence-electron chi connectivity index (χ4n) is 2.21. The molecule has 0 unspecified atom stereocenters. The lowest BCUT2D eigenvalue weighted by Gasteiger charge is -2.29. The second-order valence-corrected chi connectivity index (χ2v) is 4.54. The Bertz CT molecular complexity index is 407. The molecule has 0 N–H and O–H groups in total. The minimum absolute atomic E-state index is 0.0420. The number of carbonyl (C=O) groups excluding carboxylic acids is 2. The Kier molecular flexibility index (Phi) is 4.02. The number of esters is 1. The van der Waals surface area contributed by atoms with Crippen molar-refractivity contribution in [2.24, 2.45) is 0 Å². The quantitative estimate of drug-likeness (QED) is 0.599. The zero-order valence-electron chi connectivity index (χ0n) is 10.4. The van der Waals surface area contributed by atoms with Gasteiger partial charge in [-0.2, -0.15) is 0 Å². The van der Waals surface area contributed by atoms with Gasteiger partial charge in [-0.3, -0.25) is 0 Å². The van der Waals surface area contributed by atoms with Gasteiger partial charge in [-0.05, 0) is 25.0 Å². The number of furan rings is 1. The van der Waals surface area contributed by atoms with Gasteiger partial charge in [-0.15, -0.1) is 0 Å². The Morgan fingerprint density at radius 2 is 2.06 bits per heavy atom. The summed E-state index contributed by atoms with van der Waals surface area (Å²) in [4.78, 5) is 24.8. The average Bonchev–Trinajstić information content (AvgIpc) is 2.92. The molecule has 1 aliphatic rings. The Morgan fingerprint density at radius 1 is 1.33 bits per heavy atom. The molecule has 1 amide bonds. The highest BCUT2D eigenvalue weighted by Gasteiger charge is 2.25. The maximum atomic E-state index is 11.8. The first-order chi connectivity index (χ1) is 8.68. The van der Waals surface area contributed by atoms with Crippen LogP contribution in [0.15, 0.2) is 22.8 Å². The largest absolute Gasteiger partial charge is 0.457 e. The fourth-order valence-corrected chi connectivity index (χ4v) is 2.21. The van der Waals surface area contributed by atoms with Gasteiger partial charge in [0.05, 0.1) is 6.26 Å². The predicted octanol–water partition coefficient (Wildman–Crippen LogP) is 2.82. The van der Waals surface area contributed by atoms with Crippen LogP contribution in [-0.4, -0.2) is 30.1 Å². The second-order valence-electron chi connectivity index (χ2n) is 4.54. The zero-order valence-corrected chi connectivity index (χ0v) is 10.4. The lowest BCUT2D eigenvalue weighted by Crippen LogP contribution is -2.39. The molecule has 0 bridgehead atoms. The van der Waals surface area contributed by atoms with E-state index in [1.807, 2.05) is 0 Å². The van der Waals surface area contributed by atoms with Crippen molar-refractivity contribution in [1.82, 2.24) is 4.90 Å². The molecule has 18 heavy (non-hydrogen) atoms. The fraction of sp³-hybridized carbons (Fsp3) is 0.538. The highest BCUT2D eigenvalue weighted by molar-refractivity contribution is 5.94. The van der Waals surface area contributed by atoms with Crippen LogP contribution < -0.4 is 0 Å². The normalized spacial score (nSPS) is 16.3. The summed E-state index contributed by atoms with van der Waals surface area (Å²) in [5, 5.41) is 0. The van der Waals surface area contributed by atoms with Crippen LogP contribution in [0.4, 0.5) is 4.79 Å². The van der Waals surface area contributed by atoms with Gasteiger partial charge in [0.15, 0.2) is 0 Å². The Balaban J connectivity index is 1.89. The SMILES string of the molecule is CN(C(=O)OC(=O)c1ccco1)C1CCCCC1. The summed E-state index contributed by atoms with van der Waals surface area (Å²) in [6, 6.07) is 3.22. The molecule has 0 atom stereocenters. The van der Waals surface area contributed by atoms with E-state index >= 15 is 0 Å². The van der Waals surface area contributed by atoms with Crippen molar-refractivity contribution in [3.05, 3.63) is 24.2 Å². The molecule has 1 saturated carbocycles. The maximum absolute atomic E-state index is 11.8. The molecule has 1 aromatic rings. The van der Waals surface area contributed by atoms with Crippen LogP contribution in [0.2, 0.25) is 0 Å². The van der Waals surface area contributed by atoms with Crippen molar-refractivity contribution in [1.29, 1.82) is 0 Å². The van der Waals surface area contributed by atoms with E-state index in [0.717, 1.165) is 25.7 Å². The van der Waals surface area contributed by atoms with Crippen LogP contribution in [0.25, 0.3) is 0 Å². The van der Waals surface area contributed by atoms with E-state index in [1.54, 1.807) is 13.1 Å². The topological polar surface area (TPSA) is 59.8 Å². The number of nitrogens with zero attached hydrogens (tertiary/aromatic N) is 1. The third-order valence-corrected chi connectivity index (χ3v) is 3.31. The summed E-state index contributed by atoms with van der Waals surface area (Å²) < 4.78 is 9.64. The third-order valence-electron chi connectivity index (χ3n) is 3.31. The van der Waals surface area contributed by atoms with Crippen LogP contribution in [0.3, 0.4) is 0 Å². The molecule has 0 saturated heterocycles. The molecule has 98 valence electrons. The van der Waals surface area contributed by atoms with Gasteiger partial charge in [0, 0.05) is 13.1 Å². The lowest BCUT2D eigenvalue weighted by atomic mass is 9.95. The van der Waals surface area contributed by atoms with Gasteiger partial charge in [0.2, 0.25) is 5.76 Å². The van der Waals surface area contributed by atoms with E-state index in [0.29, 0.717) is 0 Å². The molecule has 2 rings (SSSR count). The number of carbonyl (C=O) groups is 2. The summed E-state index contributed by atoms with van der Waals surface area (Å²) in [5.74, 6) is -0.701. The van der Waals surface area contributed by atoms with Crippen molar-refractivity contribution in [3.63, 3.8) is 0 Å². The Hall–Kier alpha value is -1.78. The van der Waals surface area contributed by atoms with Gasteiger partial charge in [-0.1, -0.05) is 19.3 Å². The van der Waals surface area contributed by atoms with Gasteiger partial charge < -0.3 is 14.1 Å². The van der Waals surface area contributed by atoms with E-state index < -0.39 is 12.1 Å². The number of hydrogen-bond acceptors (Lipinski definition) is 4. The Labute approximate surface area is 106 Å². The van der Waals surface area contributed by atoms with E-state index in [1.165, 1.54) is 23.7 Å². The molecule has 1 heterocycles. The Morgan fingerprint density at radius 3 is 2.67 bits per heavy atom. The molecule has 0 aliphatic heterocycles. The summed E-state index contributed by atoms with van der Waals surface area (Å²) in [7, 11) is 1.67. The molecular formula is C13H17NO4. The van der Waals surface area contributed by atoms with Crippen molar-refractivity contribution in [3.8, 4) is 0 Å². The summed E-state index contributed by atoms with van der Waals surface area (Å²) >= 11 is 0. The van der Waals surface area contributed by atoms with Gasteiger partial charge in [0.25, 0.3) is 0 Å². The zero-order chi connectivity index (χ0) is 13.0. The van der Waals surface area contributed by atoms with E-state index in [4.69, 9.17) is 9.15 Å². The first-order valence-corrected chi connectivity index (χ1v) is 6.21. The van der Waals surface area contributed by atoms with Crippen LogP contribution in [0, 0.1) is 0 Å². The number of ether oxygens (including phenoxy) is 1. The molecule has 1 fully saturated rings. The van der Waals surface area contributed by atoms with Crippen LogP contribution in [-0.2, 0) is 4.74 Å². The minimum atomic E-state index is -0.743. The average molecular weight is 251 g/mol. The summed E-state index contributed by atoms with van der Waals surface area (Å²) in [6.45, 7) is 0. The second kappa shape index (κ2) is 5.71. The van der Waals surface area contributed by atoms with Crippen molar-refractivity contribution in [2.75, 3.05) is 7.05 Å². The highest BCUT2D eigenvalue weighted by Crippen LogP contribution is 2.22. The lowest BCUT2D eigenvalue weighted by molar-refractivity contribution is 0.0483. The molecule has 5 heteroatoms. The van der Waals surface area contributed by atoms with E-state index in [-0.39, 0.29) is 11.8 Å². The van der Waals surface area contributed by atoms with Crippen LogP contribution in [0.1, 0.15) is 42.7 Å². The van der Waals surface area contributed by atoms with Crippen LogP contribution >= 0.6 is 0 Å². The van der Waals surface area contributed by atoms with Crippen molar-refractivity contribution >= 4 is 12.1 Å². The third kappa shape index (κ3) is 2.91. The molecule has 0 aromatic carbocycles. The van der Waals surface area contributed by atoms with Gasteiger partial charge in [0.1, 0.15) is 0 Å². The maximum Gasteiger partial charge on any atom is 0.417 e. The molecular weight excluding hydrogens is 234 g/mol. The molecule has 1 aliphatic carbocycles. The standard InChI is InChI=1S/C13H17NO4/c1-14(10-6-3-2-4-7-10)13(16)18-12(15)11-8-5-9-17-11/h5,8-10H,2-4,6-7H2,1H3. The van der Waals surface area contributed by atoms with Crippen molar-refractivity contribution in [2.45, 2.75) is 38.1 Å². The molecule has 5 nitrogen and oxygen atoms in total. The summed E-state index contributed by atoms with van der Waals surface area (Å²) in [6.07, 6.45) is 6.16. The number of rotatable bonds is 2. The van der Waals surface area contributed by atoms with E-state index in [2.05, 4.69) is 0 Å². The van der Waals surface area contributed by atoms with E-state index in [9.17, 15) is 9.59 Å². The highest BCUT2D eigenvalue weighted by atomic mass is 16.6. The molecule has 1 aromatic heterocycles. The van der Waals surface area contributed by atoms with Gasteiger partial charge in [-0.25, -0.2) is 9.59 Å².